The molecule has 0 aliphatic carbocycles. The summed E-state index contributed by atoms with van der Waals surface area (Å²) < 4.78 is 5.29. The molecule has 0 aromatic heterocycles. The number of benzene rings is 1. The van der Waals surface area contributed by atoms with Gasteiger partial charge in [0, 0.05) is 19.2 Å². The molecule has 0 heterocycles. The van der Waals surface area contributed by atoms with Gasteiger partial charge in [0.25, 0.3) is 5.69 Å². The summed E-state index contributed by atoms with van der Waals surface area (Å²) in [6.45, 7) is 7.21. The molecular weight excluding hydrogens is 276 g/mol. The number of nitro groups is 1. The van der Waals surface area contributed by atoms with E-state index in [1.54, 1.807) is 6.07 Å². The van der Waals surface area contributed by atoms with Gasteiger partial charge in [-0.05, 0) is 12.5 Å². The Labute approximate surface area is 122 Å². The second-order valence-corrected chi connectivity index (χ2v) is 4.56. The molecule has 0 radical (unpaired) electrons. The Morgan fingerprint density at radius 1 is 1.52 bits per heavy atom. The van der Waals surface area contributed by atoms with Gasteiger partial charge in [0.15, 0.2) is 0 Å². The zero-order chi connectivity index (χ0) is 15.8. The van der Waals surface area contributed by atoms with Crippen molar-refractivity contribution in [2.75, 3.05) is 19.8 Å². The van der Waals surface area contributed by atoms with Gasteiger partial charge < -0.3 is 15.2 Å². The number of nitrogens with zero attached hydrogens (tertiary/aromatic N) is 1. The molecule has 1 rings (SSSR count). The lowest BCUT2D eigenvalue weighted by Crippen LogP contribution is -2.21. The maximum atomic E-state index is 11.2. The lowest BCUT2D eigenvalue weighted by Gasteiger charge is -2.09. The van der Waals surface area contributed by atoms with Crippen LogP contribution in [0.5, 0.6) is 0 Å². The standard InChI is InChI=1S/C14H18N2O5/c1-10(2)9-21-7-6-15-8-11-4-3-5-12(16(19)20)13(11)14(17)18/h3-5,15H,1,6-9H2,2H3,(H,17,18). The van der Waals surface area contributed by atoms with Gasteiger partial charge in [-0.15, -0.1) is 0 Å². The summed E-state index contributed by atoms with van der Waals surface area (Å²) in [5, 5.41) is 23.0. The Morgan fingerprint density at radius 3 is 2.81 bits per heavy atom. The van der Waals surface area contributed by atoms with Crippen LogP contribution in [-0.4, -0.2) is 35.8 Å². The summed E-state index contributed by atoms with van der Waals surface area (Å²) in [5.41, 5.74) is 0.608. The molecule has 1 aromatic carbocycles. The van der Waals surface area contributed by atoms with E-state index in [1.165, 1.54) is 12.1 Å². The summed E-state index contributed by atoms with van der Waals surface area (Å²) in [5.74, 6) is -1.31. The highest BCUT2D eigenvalue weighted by Crippen LogP contribution is 2.22. The van der Waals surface area contributed by atoms with Gasteiger partial charge in [-0.2, -0.15) is 0 Å². The number of rotatable bonds is 9. The molecule has 0 fully saturated rings. The van der Waals surface area contributed by atoms with Crippen LogP contribution in [0.1, 0.15) is 22.8 Å². The molecule has 0 bridgehead atoms. The summed E-state index contributed by atoms with van der Waals surface area (Å²) in [6.07, 6.45) is 0. The van der Waals surface area contributed by atoms with Crippen molar-refractivity contribution in [3.05, 3.63) is 51.6 Å². The van der Waals surface area contributed by atoms with Crippen LogP contribution in [-0.2, 0) is 11.3 Å². The molecule has 0 saturated heterocycles. The third-order valence-electron chi connectivity index (χ3n) is 2.63. The van der Waals surface area contributed by atoms with E-state index in [-0.39, 0.29) is 12.1 Å². The molecule has 0 amide bonds. The number of carbonyl (C=O) groups is 1. The first-order chi connectivity index (χ1) is 9.93. The van der Waals surface area contributed by atoms with Crippen molar-refractivity contribution in [1.29, 1.82) is 0 Å². The fourth-order valence-corrected chi connectivity index (χ4v) is 1.75. The van der Waals surface area contributed by atoms with Crippen LogP contribution >= 0.6 is 0 Å². The minimum atomic E-state index is -1.31. The lowest BCUT2D eigenvalue weighted by molar-refractivity contribution is -0.385. The molecule has 0 aliphatic rings. The monoisotopic (exact) mass is 294 g/mol. The van der Waals surface area contributed by atoms with Gasteiger partial charge >= 0.3 is 5.97 Å². The van der Waals surface area contributed by atoms with Crippen molar-refractivity contribution in [1.82, 2.24) is 5.32 Å². The van der Waals surface area contributed by atoms with E-state index in [2.05, 4.69) is 11.9 Å². The van der Waals surface area contributed by atoms with E-state index in [0.717, 1.165) is 5.57 Å². The van der Waals surface area contributed by atoms with Crippen molar-refractivity contribution in [2.45, 2.75) is 13.5 Å². The van der Waals surface area contributed by atoms with Crippen molar-refractivity contribution in [3.63, 3.8) is 0 Å². The van der Waals surface area contributed by atoms with E-state index in [0.29, 0.717) is 25.3 Å². The van der Waals surface area contributed by atoms with Crippen LogP contribution in [0, 0.1) is 10.1 Å². The molecule has 0 unspecified atom stereocenters. The first-order valence-corrected chi connectivity index (χ1v) is 6.36. The molecule has 1 aromatic rings. The Balaban J connectivity index is 2.63. The minimum absolute atomic E-state index is 0.222. The topological polar surface area (TPSA) is 102 Å². The highest BCUT2D eigenvalue weighted by molar-refractivity contribution is 5.94. The third-order valence-corrected chi connectivity index (χ3v) is 2.63. The molecule has 0 spiro atoms. The van der Waals surface area contributed by atoms with Gasteiger partial charge in [0.2, 0.25) is 0 Å². The largest absolute Gasteiger partial charge is 0.477 e. The molecule has 114 valence electrons. The number of carboxylic acids is 1. The fourth-order valence-electron chi connectivity index (χ4n) is 1.75. The predicted molar refractivity (Wildman–Crippen MR) is 77.4 cm³/mol. The normalized spacial score (nSPS) is 10.3. The molecule has 0 aliphatic heterocycles. The van der Waals surface area contributed by atoms with E-state index < -0.39 is 16.6 Å². The average Bonchev–Trinajstić information content (AvgIpc) is 2.41. The van der Waals surface area contributed by atoms with Gasteiger partial charge in [-0.3, -0.25) is 10.1 Å². The molecular formula is C14H18N2O5. The second kappa shape index (κ2) is 8.13. The molecule has 7 nitrogen and oxygen atoms in total. The van der Waals surface area contributed by atoms with E-state index in [4.69, 9.17) is 9.84 Å². The van der Waals surface area contributed by atoms with Crippen LogP contribution in [0.2, 0.25) is 0 Å². The maximum Gasteiger partial charge on any atom is 0.343 e. The first-order valence-electron chi connectivity index (χ1n) is 6.36. The summed E-state index contributed by atoms with van der Waals surface area (Å²) in [7, 11) is 0. The van der Waals surface area contributed by atoms with Gasteiger partial charge in [0.1, 0.15) is 5.56 Å². The summed E-state index contributed by atoms with van der Waals surface area (Å²) in [6, 6.07) is 4.21. The van der Waals surface area contributed by atoms with E-state index >= 15 is 0 Å². The zero-order valence-electron chi connectivity index (χ0n) is 11.8. The SMILES string of the molecule is C=C(C)COCCNCc1cccc([N+](=O)[O-])c1C(=O)O. The van der Waals surface area contributed by atoms with Gasteiger partial charge in [0.05, 0.1) is 18.1 Å². The number of carboxylic acid groups (broad SMARTS) is 1. The highest BCUT2D eigenvalue weighted by Gasteiger charge is 2.22. The Kier molecular flexibility index (Phi) is 6.51. The smallest absolute Gasteiger partial charge is 0.343 e. The zero-order valence-corrected chi connectivity index (χ0v) is 11.8. The Hall–Kier alpha value is -2.25. The second-order valence-electron chi connectivity index (χ2n) is 4.56. The molecule has 0 atom stereocenters. The lowest BCUT2D eigenvalue weighted by atomic mass is 10.1. The van der Waals surface area contributed by atoms with Crippen molar-refractivity contribution < 1.29 is 19.6 Å². The van der Waals surface area contributed by atoms with Crippen LogP contribution in [0.3, 0.4) is 0 Å². The van der Waals surface area contributed by atoms with Crippen molar-refractivity contribution in [2.24, 2.45) is 0 Å². The summed E-state index contributed by atoms with van der Waals surface area (Å²) in [4.78, 5) is 21.3. The third kappa shape index (κ3) is 5.33. The van der Waals surface area contributed by atoms with E-state index in [1.807, 2.05) is 6.92 Å². The number of nitrogens with one attached hydrogen (secondary N) is 1. The van der Waals surface area contributed by atoms with Crippen molar-refractivity contribution >= 4 is 11.7 Å². The fraction of sp³-hybridized carbons (Fsp3) is 0.357. The van der Waals surface area contributed by atoms with Gasteiger partial charge in [-0.1, -0.05) is 24.3 Å². The van der Waals surface area contributed by atoms with Gasteiger partial charge in [-0.25, -0.2) is 4.79 Å². The van der Waals surface area contributed by atoms with E-state index in [9.17, 15) is 14.9 Å². The number of hydrogen-bond acceptors (Lipinski definition) is 5. The summed E-state index contributed by atoms with van der Waals surface area (Å²) >= 11 is 0. The van der Waals surface area contributed by atoms with Crippen LogP contribution < -0.4 is 5.32 Å². The minimum Gasteiger partial charge on any atom is -0.477 e. The first kappa shape index (κ1) is 16.8. The quantitative estimate of drug-likeness (QED) is 0.312. The number of hydrogen-bond donors (Lipinski definition) is 2. The Morgan fingerprint density at radius 2 is 2.24 bits per heavy atom. The molecule has 21 heavy (non-hydrogen) atoms. The molecule has 2 N–H and O–H groups in total. The average molecular weight is 294 g/mol. The predicted octanol–water partition coefficient (Wildman–Crippen LogP) is 1.98. The Bertz CT molecular complexity index is 542. The van der Waals surface area contributed by atoms with Crippen molar-refractivity contribution in [3.8, 4) is 0 Å². The number of ether oxygens (including phenoxy) is 1. The van der Waals surface area contributed by atoms with Crippen LogP contribution in [0.15, 0.2) is 30.4 Å². The van der Waals surface area contributed by atoms with Crippen LogP contribution in [0.4, 0.5) is 5.69 Å². The molecule has 7 heteroatoms. The highest BCUT2D eigenvalue weighted by atomic mass is 16.6. The number of nitro benzene ring substituents is 1. The number of aromatic carboxylic acids is 1. The maximum absolute atomic E-state index is 11.2. The molecule has 0 saturated carbocycles. The van der Waals surface area contributed by atoms with Crippen LogP contribution in [0.25, 0.3) is 0 Å².